The number of benzene rings is 1. The molecule has 140 valence electrons. The molecule has 4 rings (SSSR count). The predicted octanol–water partition coefficient (Wildman–Crippen LogP) is 1.21. The van der Waals surface area contributed by atoms with E-state index in [4.69, 9.17) is 4.74 Å². The maximum Gasteiger partial charge on any atom is 0.332 e. The zero-order valence-corrected chi connectivity index (χ0v) is 15.5. The fourth-order valence-corrected chi connectivity index (χ4v) is 3.51. The average molecular weight is 366 g/mol. The van der Waals surface area contributed by atoms with Gasteiger partial charge in [0.1, 0.15) is 11.8 Å². The lowest BCUT2D eigenvalue weighted by Crippen LogP contribution is -2.39. The molecule has 0 saturated carbocycles. The third-order valence-corrected chi connectivity index (χ3v) is 5.05. The van der Waals surface area contributed by atoms with E-state index in [1.807, 2.05) is 24.3 Å². The van der Waals surface area contributed by atoms with Crippen molar-refractivity contribution in [1.29, 1.82) is 0 Å². The summed E-state index contributed by atoms with van der Waals surface area (Å²) in [6.45, 7) is 3.05. The van der Waals surface area contributed by atoms with Gasteiger partial charge in [-0.25, -0.2) is 9.78 Å². The molecule has 1 aliphatic heterocycles. The molecule has 0 bridgehead atoms. The Morgan fingerprint density at radius 1 is 1.07 bits per heavy atom. The minimum atomic E-state index is -0.382. The van der Waals surface area contributed by atoms with Gasteiger partial charge in [0.15, 0.2) is 0 Å². The minimum absolute atomic E-state index is 0.189. The molecule has 1 aromatic carbocycles. The highest BCUT2D eigenvalue weighted by Crippen LogP contribution is 2.23. The van der Waals surface area contributed by atoms with E-state index in [9.17, 15) is 9.59 Å². The molecule has 7 nitrogen and oxygen atoms in total. The Morgan fingerprint density at radius 3 is 2.63 bits per heavy atom. The summed E-state index contributed by atoms with van der Waals surface area (Å²) in [5, 5.41) is 0.431. The molecule has 3 aromatic rings. The number of hydrogen-bond acceptors (Lipinski definition) is 5. The minimum Gasteiger partial charge on any atom is -0.369 e. The van der Waals surface area contributed by atoms with Crippen LogP contribution in [-0.2, 0) is 25.4 Å². The Balaban J connectivity index is 1.64. The first kappa shape index (κ1) is 17.6. The maximum absolute atomic E-state index is 12.3. The van der Waals surface area contributed by atoms with Crippen LogP contribution in [0.15, 0.2) is 52.1 Å². The molecule has 0 spiro atoms. The zero-order chi connectivity index (χ0) is 19.0. The van der Waals surface area contributed by atoms with E-state index >= 15 is 0 Å². The van der Waals surface area contributed by atoms with Crippen molar-refractivity contribution in [3.63, 3.8) is 0 Å². The Bertz CT molecular complexity index is 1090. The van der Waals surface area contributed by atoms with E-state index < -0.39 is 0 Å². The highest BCUT2D eigenvalue weighted by atomic mass is 16.5. The average Bonchev–Trinajstić information content (AvgIpc) is 2.71. The van der Waals surface area contributed by atoms with E-state index in [1.165, 1.54) is 17.2 Å². The fourth-order valence-electron chi connectivity index (χ4n) is 3.51. The van der Waals surface area contributed by atoms with Crippen LogP contribution in [0.2, 0.25) is 0 Å². The molecule has 27 heavy (non-hydrogen) atoms. The molecular formula is C20H22N4O3. The lowest BCUT2D eigenvalue weighted by molar-refractivity contribution is -0.0348. The van der Waals surface area contributed by atoms with E-state index in [0.717, 1.165) is 23.4 Å². The summed E-state index contributed by atoms with van der Waals surface area (Å²) in [4.78, 5) is 31.4. The van der Waals surface area contributed by atoms with Gasteiger partial charge in [-0.3, -0.25) is 18.8 Å². The molecule has 3 heterocycles. The van der Waals surface area contributed by atoms with Crippen LogP contribution in [0.4, 0.5) is 0 Å². The number of aromatic nitrogens is 3. The van der Waals surface area contributed by atoms with E-state index in [0.29, 0.717) is 24.2 Å². The Hall–Kier alpha value is -2.77. The van der Waals surface area contributed by atoms with Crippen LogP contribution in [0, 0.1) is 0 Å². The van der Waals surface area contributed by atoms with Gasteiger partial charge < -0.3 is 4.74 Å². The summed E-state index contributed by atoms with van der Waals surface area (Å²) >= 11 is 0. The highest BCUT2D eigenvalue weighted by molar-refractivity contribution is 5.73. The van der Waals surface area contributed by atoms with Crippen LogP contribution >= 0.6 is 0 Å². The van der Waals surface area contributed by atoms with Gasteiger partial charge in [-0.1, -0.05) is 30.3 Å². The molecule has 1 saturated heterocycles. The van der Waals surface area contributed by atoms with E-state index in [2.05, 4.69) is 22.0 Å². The first-order valence-electron chi connectivity index (χ1n) is 8.99. The largest absolute Gasteiger partial charge is 0.369 e. The topological polar surface area (TPSA) is 69.4 Å². The number of fused-ring (bicyclic) bond motifs is 1. The lowest BCUT2D eigenvalue weighted by atomic mass is 10.1. The molecule has 0 N–H and O–H groups in total. The van der Waals surface area contributed by atoms with Gasteiger partial charge in [0.05, 0.1) is 17.7 Å². The molecule has 0 radical (unpaired) electrons. The van der Waals surface area contributed by atoms with E-state index in [-0.39, 0.29) is 17.4 Å². The lowest BCUT2D eigenvalue weighted by Gasteiger charge is -2.32. The molecule has 0 aliphatic carbocycles. The van der Waals surface area contributed by atoms with Gasteiger partial charge in [-0.05, 0) is 17.7 Å². The van der Waals surface area contributed by atoms with Crippen molar-refractivity contribution in [1.82, 2.24) is 19.0 Å². The Labute approximate surface area is 156 Å². The second kappa shape index (κ2) is 7.09. The smallest absolute Gasteiger partial charge is 0.332 e. The second-order valence-electron chi connectivity index (χ2n) is 6.89. The fraction of sp³-hybridized carbons (Fsp3) is 0.350. The number of ether oxygens (including phenoxy) is 1. The normalized spacial score (nSPS) is 18.1. The predicted molar refractivity (Wildman–Crippen MR) is 103 cm³/mol. The molecule has 2 aromatic heterocycles. The molecule has 1 atom stereocenters. The summed E-state index contributed by atoms with van der Waals surface area (Å²) in [6, 6.07) is 13.9. The number of nitrogens with zero attached hydrogens (tertiary/aromatic N) is 4. The molecule has 1 fully saturated rings. The van der Waals surface area contributed by atoms with Crippen LogP contribution in [0.25, 0.3) is 11.0 Å². The van der Waals surface area contributed by atoms with Crippen molar-refractivity contribution in [2.45, 2.75) is 12.6 Å². The van der Waals surface area contributed by atoms with Crippen molar-refractivity contribution in [3.05, 3.63) is 74.6 Å². The van der Waals surface area contributed by atoms with Gasteiger partial charge in [0.2, 0.25) is 0 Å². The third kappa shape index (κ3) is 3.31. The monoisotopic (exact) mass is 366 g/mol. The second-order valence-corrected chi connectivity index (χ2v) is 6.89. The number of hydrogen-bond donors (Lipinski definition) is 0. The van der Waals surface area contributed by atoms with Gasteiger partial charge >= 0.3 is 5.69 Å². The van der Waals surface area contributed by atoms with Gasteiger partial charge in [0.25, 0.3) is 5.56 Å². The van der Waals surface area contributed by atoms with Crippen molar-refractivity contribution < 1.29 is 4.74 Å². The summed E-state index contributed by atoms with van der Waals surface area (Å²) in [5.74, 6) is 0. The molecule has 1 aliphatic rings. The van der Waals surface area contributed by atoms with Crippen LogP contribution < -0.4 is 11.2 Å². The Morgan fingerprint density at radius 2 is 1.85 bits per heavy atom. The number of aryl methyl sites for hydroxylation is 1. The van der Waals surface area contributed by atoms with Crippen LogP contribution in [0.1, 0.15) is 17.4 Å². The summed E-state index contributed by atoms with van der Waals surface area (Å²) in [6.07, 6.45) is -0.189. The Kier molecular flexibility index (Phi) is 4.63. The standard InChI is InChI=1S/C20H22N4O3/c1-22-18-15(19(25)23(2)20(22)26)8-9-16(21-18)17-13-24(10-11-27-17)12-14-6-4-3-5-7-14/h3-9,17H,10-13H2,1-2H3. The molecule has 7 heteroatoms. The van der Waals surface area contributed by atoms with Gasteiger partial charge in [-0.15, -0.1) is 0 Å². The summed E-state index contributed by atoms with van der Waals surface area (Å²) in [7, 11) is 3.11. The van der Waals surface area contributed by atoms with Gasteiger partial charge in [0, 0.05) is 33.7 Å². The summed E-state index contributed by atoms with van der Waals surface area (Å²) < 4.78 is 8.44. The first-order chi connectivity index (χ1) is 13.0. The highest BCUT2D eigenvalue weighted by Gasteiger charge is 2.24. The van der Waals surface area contributed by atoms with Gasteiger partial charge in [-0.2, -0.15) is 0 Å². The third-order valence-electron chi connectivity index (χ3n) is 5.05. The van der Waals surface area contributed by atoms with Crippen molar-refractivity contribution in [2.75, 3.05) is 19.7 Å². The maximum atomic E-state index is 12.3. The van der Waals surface area contributed by atoms with Crippen LogP contribution in [0.3, 0.4) is 0 Å². The van der Waals surface area contributed by atoms with Crippen molar-refractivity contribution >= 4 is 11.0 Å². The van der Waals surface area contributed by atoms with Crippen LogP contribution in [-0.4, -0.2) is 38.7 Å². The SMILES string of the molecule is Cn1c(=O)c2ccc(C3CN(Cc4ccccc4)CCO3)nc2n(C)c1=O. The molecule has 1 unspecified atom stereocenters. The number of pyridine rings is 1. The van der Waals surface area contributed by atoms with Crippen molar-refractivity contribution in [2.24, 2.45) is 14.1 Å². The number of morpholine rings is 1. The van der Waals surface area contributed by atoms with Crippen molar-refractivity contribution in [3.8, 4) is 0 Å². The quantitative estimate of drug-likeness (QED) is 0.697. The zero-order valence-electron chi connectivity index (χ0n) is 15.5. The molecule has 0 amide bonds. The van der Waals surface area contributed by atoms with E-state index in [1.54, 1.807) is 13.1 Å². The number of rotatable bonds is 3. The first-order valence-corrected chi connectivity index (χ1v) is 8.99. The van der Waals surface area contributed by atoms with Crippen LogP contribution in [0.5, 0.6) is 0 Å². The molecular weight excluding hydrogens is 344 g/mol. The summed E-state index contributed by atoms with van der Waals surface area (Å²) in [5.41, 5.74) is 1.68.